The van der Waals surface area contributed by atoms with E-state index in [-0.39, 0.29) is 0 Å². The molecule has 16 heavy (non-hydrogen) atoms. The van der Waals surface area contributed by atoms with Gasteiger partial charge in [-0.2, -0.15) is 0 Å². The monoisotopic (exact) mass is 225 g/mol. The highest BCUT2D eigenvalue weighted by Gasteiger charge is 2.33. The van der Waals surface area contributed by atoms with E-state index < -0.39 is 17.2 Å². The molecule has 0 aromatic heterocycles. The Morgan fingerprint density at radius 3 is 2.44 bits per heavy atom. The summed E-state index contributed by atoms with van der Waals surface area (Å²) in [6.45, 7) is 2.18. The van der Waals surface area contributed by atoms with Gasteiger partial charge in [0.15, 0.2) is 0 Å². The smallest absolute Gasteiger partial charge is 0.131 e. The fourth-order valence-electron chi connectivity index (χ4n) is 2.44. The third-order valence-electron chi connectivity index (χ3n) is 3.63. The number of benzene rings is 1. The van der Waals surface area contributed by atoms with E-state index >= 15 is 0 Å². The van der Waals surface area contributed by atoms with E-state index in [0.29, 0.717) is 11.5 Å². The molecule has 88 valence electrons. The summed E-state index contributed by atoms with van der Waals surface area (Å²) < 4.78 is 26.5. The molecule has 0 spiro atoms. The van der Waals surface area contributed by atoms with Crippen molar-refractivity contribution in [3.8, 4) is 0 Å². The van der Waals surface area contributed by atoms with Gasteiger partial charge in [-0.15, -0.1) is 0 Å². The molecule has 3 heteroatoms. The average Bonchev–Trinajstić information content (AvgIpc) is 2.22. The molecule has 1 aromatic rings. The molecular weight excluding hydrogens is 208 g/mol. The predicted molar refractivity (Wildman–Crippen MR) is 59.9 cm³/mol. The van der Waals surface area contributed by atoms with Gasteiger partial charge in [-0.25, -0.2) is 8.78 Å². The Morgan fingerprint density at radius 1 is 1.25 bits per heavy atom. The molecule has 0 radical (unpaired) electrons. The molecule has 1 fully saturated rings. The van der Waals surface area contributed by atoms with E-state index in [1.807, 2.05) is 0 Å². The lowest BCUT2D eigenvalue weighted by atomic mass is 9.74. The van der Waals surface area contributed by atoms with Crippen LogP contribution in [-0.2, 0) is 5.54 Å². The first-order valence-corrected chi connectivity index (χ1v) is 5.76. The Morgan fingerprint density at radius 2 is 1.88 bits per heavy atom. The molecule has 1 aliphatic rings. The zero-order valence-corrected chi connectivity index (χ0v) is 9.47. The molecule has 0 unspecified atom stereocenters. The van der Waals surface area contributed by atoms with E-state index in [4.69, 9.17) is 5.73 Å². The number of rotatable bonds is 1. The van der Waals surface area contributed by atoms with Gasteiger partial charge in [0, 0.05) is 17.2 Å². The highest BCUT2D eigenvalue weighted by molar-refractivity contribution is 5.27. The molecule has 0 saturated heterocycles. The summed E-state index contributed by atoms with van der Waals surface area (Å²) in [4.78, 5) is 0. The Kier molecular flexibility index (Phi) is 2.98. The summed E-state index contributed by atoms with van der Waals surface area (Å²) in [5, 5.41) is 0. The minimum absolute atomic E-state index is 0.459. The van der Waals surface area contributed by atoms with Crippen molar-refractivity contribution in [3.63, 3.8) is 0 Å². The van der Waals surface area contributed by atoms with Crippen LogP contribution in [0, 0.1) is 17.6 Å². The van der Waals surface area contributed by atoms with Gasteiger partial charge in [0.05, 0.1) is 0 Å². The largest absolute Gasteiger partial charge is 0.321 e. The Balaban J connectivity index is 2.29. The number of nitrogens with two attached hydrogens (primary N) is 1. The van der Waals surface area contributed by atoms with Gasteiger partial charge < -0.3 is 5.73 Å². The first-order valence-electron chi connectivity index (χ1n) is 5.76. The van der Waals surface area contributed by atoms with Crippen LogP contribution in [0.5, 0.6) is 0 Å². The predicted octanol–water partition coefficient (Wildman–Crippen LogP) is 3.33. The second kappa shape index (κ2) is 4.13. The summed E-state index contributed by atoms with van der Waals surface area (Å²) in [6.07, 6.45) is 3.56. The molecule has 0 amide bonds. The molecular formula is C13H17F2N. The summed E-state index contributed by atoms with van der Waals surface area (Å²) in [7, 11) is 0. The van der Waals surface area contributed by atoms with Crippen LogP contribution in [0.1, 0.15) is 38.2 Å². The second-order valence-electron chi connectivity index (χ2n) is 4.96. The van der Waals surface area contributed by atoms with Gasteiger partial charge in [-0.1, -0.05) is 13.0 Å². The van der Waals surface area contributed by atoms with Crippen molar-refractivity contribution in [1.29, 1.82) is 0 Å². The quantitative estimate of drug-likeness (QED) is 0.779. The van der Waals surface area contributed by atoms with E-state index in [2.05, 4.69) is 6.92 Å². The van der Waals surface area contributed by atoms with Crippen LogP contribution in [0.4, 0.5) is 8.78 Å². The fourth-order valence-corrected chi connectivity index (χ4v) is 2.44. The molecule has 2 rings (SSSR count). The van der Waals surface area contributed by atoms with E-state index in [1.54, 1.807) is 0 Å². The van der Waals surface area contributed by atoms with Gasteiger partial charge in [0.2, 0.25) is 0 Å². The minimum atomic E-state index is -0.607. The van der Waals surface area contributed by atoms with E-state index in [1.165, 1.54) is 12.1 Å². The first-order chi connectivity index (χ1) is 7.51. The van der Waals surface area contributed by atoms with Crippen LogP contribution in [0.15, 0.2) is 18.2 Å². The van der Waals surface area contributed by atoms with Crippen molar-refractivity contribution in [2.45, 2.75) is 38.1 Å². The number of hydrogen-bond acceptors (Lipinski definition) is 1. The van der Waals surface area contributed by atoms with Gasteiger partial charge >= 0.3 is 0 Å². The topological polar surface area (TPSA) is 26.0 Å². The molecule has 2 N–H and O–H groups in total. The molecule has 0 heterocycles. The lowest BCUT2D eigenvalue weighted by Gasteiger charge is -2.36. The van der Waals surface area contributed by atoms with Gasteiger partial charge in [0.25, 0.3) is 0 Å². The van der Waals surface area contributed by atoms with Crippen LogP contribution >= 0.6 is 0 Å². The van der Waals surface area contributed by atoms with Crippen LogP contribution in [0.25, 0.3) is 0 Å². The van der Waals surface area contributed by atoms with Crippen molar-refractivity contribution >= 4 is 0 Å². The van der Waals surface area contributed by atoms with E-state index in [9.17, 15) is 8.78 Å². The van der Waals surface area contributed by atoms with Gasteiger partial charge in [0.1, 0.15) is 11.6 Å². The molecule has 0 atom stereocenters. The van der Waals surface area contributed by atoms with Crippen LogP contribution in [0.2, 0.25) is 0 Å². The van der Waals surface area contributed by atoms with Crippen molar-refractivity contribution in [2.24, 2.45) is 11.7 Å². The maximum atomic E-state index is 13.7. The number of halogens is 2. The summed E-state index contributed by atoms with van der Waals surface area (Å²) in [5.41, 5.74) is 6.08. The third-order valence-corrected chi connectivity index (χ3v) is 3.63. The van der Waals surface area contributed by atoms with Crippen molar-refractivity contribution in [2.75, 3.05) is 0 Å². The molecule has 0 bridgehead atoms. The van der Waals surface area contributed by atoms with Crippen molar-refractivity contribution in [3.05, 3.63) is 35.4 Å². The van der Waals surface area contributed by atoms with Crippen LogP contribution < -0.4 is 5.73 Å². The third kappa shape index (κ3) is 2.09. The second-order valence-corrected chi connectivity index (χ2v) is 4.96. The van der Waals surface area contributed by atoms with Crippen molar-refractivity contribution < 1.29 is 8.78 Å². The molecule has 1 aliphatic carbocycles. The molecule has 0 aliphatic heterocycles. The lowest BCUT2D eigenvalue weighted by molar-refractivity contribution is 0.241. The Hall–Kier alpha value is -0.960. The average molecular weight is 225 g/mol. The van der Waals surface area contributed by atoms with Crippen molar-refractivity contribution in [1.82, 2.24) is 0 Å². The molecule has 1 aromatic carbocycles. The number of hydrogen-bond donors (Lipinski definition) is 1. The lowest BCUT2D eigenvalue weighted by Crippen LogP contribution is -2.40. The van der Waals surface area contributed by atoms with Gasteiger partial charge in [-0.3, -0.25) is 0 Å². The molecule has 1 nitrogen and oxygen atoms in total. The maximum Gasteiger partial charge on any atom is 0.131 e. The zero-order valence-electron chi connectivity index (χ0n) is 9.47. The van der Waals surface area contributed by atoms with E-state index in [0.717, 1.165) is 31.7 Å². The normalized spacial score (nSPS) is 30.4. The van der Waals surface area contributed by atoms with Gasteiger partial charge in [-0.05, 0) is 37.7 Å². The Labute approximate surface area is 94.7 Å². The summed E-state index contributed by atoms with van der Waals surface area (Å²) in [6, 6.07) is 3.69. The van der Waals surface area contributed by atoms with Crippen LogP contribution in [-0.4, -0.2) is 0 Å². The maximum absolute atomic E-state index is 13.7. The standard InChI is InChI=1S/C13H17F2N/c1-9-4-6-13(16,7-5-9)11-3-2-10(14)8-12(11)15/h2-3,8-9H,4-7,16H2,1H3. The first kappa shape index (κ1) is 11.5. The molecule has 1 saturated carbocycles. The highest BCUT2D eigenvalue weighted by atomic mass is 19.1. The SMILES string of the molecule is CC1CCC(N)(c2ccc(F)cc2F)CC1. The fraction of sp³-hybridized carbons (Fsp3) is 0.538. The highest BCUT2D eigenvalue weighted by Crippen LogP contribution is 2.38. The summed E-state index contributed by atoms with van der Waals surface area (Å²) >= 11 is 0. The zero-order chi connectivity index (χ0) is 11.8. The Bertz CT molecular complexity index is 382. The minimum Gasteiger partial charge on any atom is -0.321 e. The van der Waals surface area contributed by atoms with Crippen LogP contribution in [0.3, 0.4) is 0 Å². The summed E-state index contributed by atoms with van der Waals surface area (Å²) in [5.74, 6) is -0.411.